The molecule has 0 aliphatic rings. The molecule has 0 bridgehead atoms. The summed E-state index contributed by atoms with van der Waals surface area (Å²) in [6, 6.07) is 9.86. The number of benzene rings is 1. The molecule has 0 saturated heterocycles. The lowest BCUT2D eigenvalue weighted by Gasteiger charge is -2.21. The molecule has 3 heteroatoms. The highest BCUT2D eigenvalue weighted by Gasteiger charge is 2.16. The van der Waals surface area contributed by atoms with Gasteiger partial charge in [-0.05, 0) is 38.7 Å². The van der Waals surface area contributed by atoms with Crippen molar-refractivity contribution in [1.29, 1.82) is 0 Å². The minimum atomic E-state index is -1.42. The summed E-state index contributed by atoms with van der Waals surface area (Å²) in [5.41, 5.74) is 0. The van der Waals surface area contributed by atoms with Crippen LogP contribution in [0, 0.1) is 0 Å². The maximum atomic E-state index is 5.78. The van der Waals surface area contributed by atoms with E-state index in [1.165, 1.54) is 0 Å². The summed E-state index contributed by atoms with van der Waals surface area (Å²) in [7, 11) is -1.42. The molecule has 1 aromatic carbocycles. The van der Waals surface area contributed by atoms with Gasteiger partial charge in [0.15, 0.2) is 8.32 Å². The van der Waals surface area contributed by atoms with Crippen LogP contribution in [-0.4, -0.2) is 21.0 Å². The monoisotopic (exact) mass is 224 g/mol. The zero-order chi connectivity index (χ0) is 11.3. The zero-order valence-electron chi connectivity index (χ0n) is 9.99. The van der Waals surface area contributed by atoms with Crippen LogP contribution in [0.4, 0.5) is 0 Å². The summed E-state index contributed by atoms with van der Waals surface area (Å²) in [6.07, 6.45) is 0.110. The van der Waals surface area contributed by atoms with Gasteiger partial charge in [-0.15, -0.1) is 0 Å². The molecule has 0 aliphatic carbocycles. The molecule has 1 aromatic rings. The quantitative estimate of drug-likeness (QED) is 0.714. The molecule has 1 rings (SSSR count). The molecule has 0 radical (unpaired) electrons. The molecular formula is C12H20O2Si. The molecule has 84 valence electrons. The highest BCUT2D eigenvalue weighted by molar-refractivity contribution is 6.69. The lowest BCUT2D eigenvalue weighted by molar-refractivity contribution is 0.139. The van der Waals surface area contributed by atoms with E-state index in [4.69, 9.17) is 9.16 Å². The Morgan fingerprint density at radius 1 is 1.13 bits per heavy atom. The van der Waals surface area contributed by atoms with E-state index < -0.39 is 8.32 Å². The fraction of sp³-hybridized carbons (Fsp3) is 0.500. The van der Waals surface area contributed by atoms with E-state index in [-0.39, 0.29) is 6.10 Å². The predicted octanol–water partition coefficient (Wildman–Crippen LogP) is 3.31. The lowest BCUT2D eigenvalue weighted by Crippen LogP contribution is -2.31. The maximum Gasteiger partial charge on any atom is 0.183 e. The van der Waals surface area contributed by atoms with Crippen LogP contribution in [0.15, 0.2) is 30.3 Å². The molecule has 0 saturated carbocycles. The third-order valence-corrected chi connectivity index (χ3v) is 2.86. The largest absolute Gasteiger partial charge is 0.488 e. The third kappa shape index (κ3) is 5.59. The van der Waals surface area contributed by atoms with Gasteiger partial charge in [0.1, 0.15) is 11.9 Å². The van der Waals surface area contributed by atoms with Gasteiger partial charge in [-0.3, -0.25) is 0 Å². The van der Waals surface area contributed by atoms with Gasteiger partial charge in [0.05, 0.1) is 6.61 Å². The molecule has 0 aromatic heterocycles. The maximum absolute atomic E-state index is 5.78. The van der Waals surface area contributed by atoms with Crippen molar-refractivity contribution in [2.24, 2.45) is 0 Å². The summed E-state index contributed by atoms with van der Waals surface area (Å²) in [5.74, 6) is 0.907. The van der Waals surface area contributed by atoms with Crippen molar-refractivity contribution in [3.05, 3.63) is 30.3 Å². The number of rotatable bonds is 5. The van der Waals surface area contributed by atoms with Crippen LogP contribution in [0.25, 0.3) is 0 Å². The molecule has 1 atom stereocenters. The summed E-state index contributed by atoms with van der Waals surface area (Å²) >= 11 is 0. The highest BCUT2D eigenvalue weighted by Crippen LogP contribution is 2.12. The van der Waals surface area contributed by atoms with Gasteiger partial charge in [-0.25, -0.2) is 0 Å². The van der Waals surface area contributed by atoms with Crippen LogP contribution in [0.2, 0.25) is 19.6 Å². The lowest BCUT2D eigenvalue weighted by atomic mass is 10.3. The molecule has 0 heterocycles. The van der Waals surface area contributed by atoms with Gasteiger partial charge in [0, 0.05) is 0 Å². The first-order valence-electron chi connectivity index (χ1n) is 5.33. The Morgan fingerprint density at radius 3 is 2.27 bits per heavy atom. The molecule has 15 heavy (non-hydrogen) atoms. The van der Waals surface area contributed by atoms with E-state index in [0.717, 1.165) is 5.75 Å². The van der Waals surface area contributed by atoms with Gasteiger partial charge in [0.2, 0.25) is 0 Å². The highest BCUT2D eigenvalue weighted by atomic mass is 28.4. The Balaban J connectivity index is 2.34. The van der Waals surface area contributed by atoms with Crippen molar-refractivity contribution in [2.75, 3.05) is 6.61 Å². The van der Waals surface area contributed by atoms with Gasteiger partial charge in [0.25, 0.3) is 0 Å². The second-order valence-corrected chi connectivity index (χ2v) is 9.18. The first-order chi connectivity index (χ1) is 6.97. The van der Waals surface area contributed by atoms with Crippen molar-refractivity contribution < 1.29 is 9.16 Å². The normalized spacial score (nSPS) is 13.6. The topological polar surface area (TPSA) is 18.5 Å². The molecule has 0 N–H and O–H groups in total. The predicted molar refractivity (Wildman–Crippen MR) is 65.8 cm³/mol. The molecule has 2 nitrogen and oxygen atoms in total. The van der Waals surface area contributed by atoms with E-state index in [1.807, 2.05) is 37.3 Å². The number of para-hydroxylation sites is 1. The Labute approximate surface area is 93.4 Å². The first-order valence-corrected chi connectivity index (χ1v) is 8.74. The van der Waals surface area contributed by atoms with E-state index in [9.17, 15) is 0 Å². The molecule has 0 fully saturated rings. The minimum absolute atomic E-state index is 0.110. The van der Waals surface area contributed by atoms with Crippen molar-refractivity contribution in [2.45, 2.75) is 32.7 Å². The van der Waals surface area contributed by atoms with Crippen molar-refractivity contribution in [1.82, 2.24) is 0 Å². The Bertz CT molecular complexity index is 279. The van der Waals surface area contributed by atoms with Gasteiger partial charge >= 0.3 is 0 Å². The van der Waals surface area contributed by atoms with E-state index >= 15 is 0 Å². The average Bonchev–Trinajstić information content (AvgIpc) is 2.15. The molecular weight excluding hydrogens is 204 g/mol. The average molecular weight is 224 g/mol. The zero-order valence-corrected chi connectivity index (χ0v) is 11.0. The molecule has 0 amide bonds. The Morgan fingerprint density at radius 2 is 1.73 bits per heavy atom. The summed E-state index contributed by atoms with van der Waals surface area (Å²) < 4.78 is 11.5. The van der Waals surface area contributed by atoms with Crippen LogP contribution < -0.4 is 4.74 Å². The fourth-order valence-electron chi connectivity index (χ4n) is 1.13. The standard InChI is InChI=1S/C12H20O2Si/c1-11(10-13-15(2,3)4)14-12-8-6-5-7-9-12/h5-9,11H,10H2,1-4H3. The van der Waals surface area contributed by atoms with Crippen LogP contribution in [-0.2, 0) is 4.43 Å². The van der Waals surface area contributed by atoms with E-state index in [2.05, 4.69) is 19.6 Å². The van der Waals surface area contributed by atoms with Crippen molar-refractivity contribution >= 4 is 8.32 Å². The molecule has 0 aliphatic heterocycles. The van der Waals surface area contributed by atoms with Crippen LogP contribution in [0.5, 0.6) is 5.75 Å². The van der Waals surface area contributed by atoms with Crippen LogP contribution in [0.1, 0.15) is 6.92 Å². The van der Waals surface area contributed by atoms with E-state index in [1.54, 1.807) is 0 Å². The van der Waals surface area contributed by atoms with Crippen LogP contribution in [0.3, 0.4) is 0 Å². The summed E-state index contributed by atoms with van der Waals surface area (Å²) in [4.78, 5) is 0. The minimum Gasteiger partial charge on any atom is -0.488 e. The molecule has 0 spiro atoms. The first kappa shape index (κ1) is 12.3. The number of hydrogen-bond acceptors (Lipinski definition) is 2. The third-order valence-electron chi connectivity index (χ3n) is 1.83. The summed E-state index contributed by atoms with van der Waals surface area (Å²) in [6.45, 7) is 9.25. The Hall–Kier alpha value is -0.803. The summed E-state index contributed by atoms with van der Waals surface area (Å²) in [5, 5.41) is 0. The second-order valence-electron chi connectivity index (χ2n) is 4.66. The SMILES string of the molecule is CC(CO[Si](C)(C)C)Oc1ccccc1. The Kier molecular flexibility index (Phi) is 4.36. The van der Waals surface area contributed by atoms with Crippen LogP contribution >= 0.6 is 0 Å². The van der Waals surface area contributed by atoms with Gasteiger partial charge < -0.3 is 9.16 Å². The fourth-order valence-corrected chi connectivity index (χ4v) is 1.87. The number of hydrogen-bond donors (Lipinski definition) is 0. The van der Waals surface area contributed by atoms with E-state index in [0.29, 0.717) is 6.61 Å². The second kappa shape index (κ2) is 5.33. The number of ether oxygens (including phenoxy) is 1. The smallest absolute Gasteiger partial charge is 0.183 e. The van der Waals surface area contributed by atoms with Crippen molar-refractivity contribution in [3.8, 4) is 5.75 Å². The van der Waals surface area contributed by atoms with Gasteiger partial charge in [-0.2, -0.15) is 0 Å². The molecule has 1 unspecified atom stereocenters. The van der Waals surface area contributed by atoms with Gasteiger partial charge in [-0.1, -0.05) is 18.2 Å². The van der Waals surface area contributed by atoms with Crippen molar-refractivity contribution in [3.63, 3.8) is 0 Å².